The van der Waals surface area contributed by atoms with E-state index in [0.717, 1.165) is 0 Å². The number of hydrogen-bond donors (Lipinski definition) is 2. The number of nitrogens with one attached hydrogen (secondary N) is 2. The summed E-state index contributed by atoms with van der Waals surface area (Å²) >= 11 is 0. The predicted octanol–water partition coefficient (Wildman–Crippen LogP) is 0.965. The van der Waals surface area contributed by atoms with Crippen LogP contribution >= 0.6 is 0 Å². The highest BCUT2D eigenvalue weighted by molar-refractivity contribution is 5.93. The molecule has 0 atom stereocenters. The Hall–Kier alpha value is -1.58. The molecule has 0 aromatic carbocycles. The largest absolute Gasteiger partial charge is 0.349 e. The molecule has 70 valence electrons. The van der Waals surface area contributed by atoms with Crippen LogP contribution in [-0.4, -0.2) is 23.2 Å². The van der Waals surface area contributed by atoms with Crippen molar-refractivity contribution in [3.8, 4) is 0 Å². The topological polar surface area (TPSA) is 62.0 Å². The summed E-state index contributed by atoms with van der Waals surface area (Å²) in [4.78, 5) is 24.3. The number of rotatable bonds is 3. The molecule has 1 heterocycles. The van der Waals surface area contributed by atoms with Crippen LogP contribution in [-0.2, 0) is 0 Å². The number of carbonyl (C=O) groups excluding carboxylic acids is 2. The Morgan fingerprint density at radius 1 is 1.54 bits per heavy atom. The third-order valence-corrected chi connectivity index (χ3v) is 1.50. The number of hydrogen-bond acceptors (Lipinski definition) is 2. The van der Waals surface area contributed by atoms with Crippen molar-refractivity contribution >= 4 is 12.2 Å². The number of carbonyl (C=O) groups is 2. The van der Waals surface area contributed by atoms with Crippen LogP contribution in [0.5, 0.6) is 0 Å². The van der Waals surface area contributed by atoms with E-state index in [1.807, 2.05) is 13.8 Å². The maximum Gasteiger partial charge on any atom is 0.267 e. The Morgan fingerprint density at radius 2 is 2.23 bits per heavy atom. The number of H-pyrrole nitrogens is 1. The maximum atomic E-state index is 11.3. The zero-order chi connectivity index (χ0) is 9.84. The van der Waals surface area contributed by atoms with E-state index in [9.17, 15) is 9.59 Å². The Kier molecular flexibility index (Phi) is 2.84. The van der Waals surface area contributed by atoms with Gasteiger partial charge in [0.15, 0.2) is 6.29 Å². The Labute approximate surface area is 76.3 Å². The highest BCUT2D eigenvalue weighted by Crippen LogP contribution is 1.99. The van der Waals surface area contributed by atoms with Crippen LogP contribution in [0.2, 0.25) is 0 Å². The summed E-state index contributed by atoms with van der Waals surface area (Å²) in [6.07, 6.45) is 0.673. The van der Waals surface area contributed by atoms with Gasteiger partial charge in [-0.1, -0.05) is 0 Å². The zero-order valence-electron chi connectivity index (χ0n) is 7.63. The molecule has 1 rings (SSSR count). The van der Waals surface area contributed by atoms with Crippen LogP contribution in [0.1, 0.15) is 34.8 Å². The lowest BCUT2D eigenvalue weighted by atomic mass is 10.3. The molecule has 1 amide bonds. The lowest BCUT2D eigenvalue weighted by Crippen LogP contribution is -2.30. The van der Waals surface area contributed by atoms with E-state index in [-0.39, 0.29) is 11.9 Å². The van der Waals surface area contributed by atoms with Crippen LogP contribution in [0.3, 0.4) is 0 Å². The summed E-state index contributed by atoms with van der Waals surface area (Å²) < 4.78 is 0. The molecule has 0 unspecified atom stereocenters. The summed E-state index contributed by atoms with van der Waals surface area (Å²) in [5.74, 6) is -0.192. The van der Waals surface area contributed by atoms with Crippen molar-refractivity contribution in [2.75, 3.05) is 0 Å². The summed E-state index contributed by atoms with van der Waals surface area (Å²) in [5, 5.41) is 2.71. The third-order valence-electron chi connectivity index (χ3n) is 1.50. The minimum atomic E-state index is -0.192. The molecule has 0 aliphatic rings. The highest BCUT2D eigenvalue weighted by atomic mass is 16.2. The van der Waals surface area contributed by atoms with E-state index in [2.05, 4.69) is 10.3 Å². The summed E-state index contributed by atoms with van der Waals surface area (Å²) in [7, 11) is 0. The number of aldehydes is 1. The van der Waals surface area contributed by atoms with Gasteiger partial charge in [-0.15, -0.1) is 0 Å². The molecule has 0 spiro atoms. The van der Waals surface area contributed by atoms with Crippen molar-refractivity contribution in [1.29, 1.82) is 0 Å². The second kappa shape index (κ2) is 3.89. The van der Waals surface area contributed by atoms with Gasteiger partial charge < -0.3 is 10.3 Å². The standard InChI is InChI=1S/C9H12N2O2/c1-6(2)10-9(13)8-4-3-7(5-12)11-8/h3-6,11H,1-2H3,(H,10,13). The van der Waals surface area contributed by atoms with Crippen LogP contribution in [0.15, 0.2) is 12.1 Å². The quantitative estimate of drug-likeness (QED) is 0.681. The monoisotopic (exact) mass is 180 g/mol. The lowest BCUT2D eigenvalue weighted by Gasteiger charge is -2.05. The van der Waals surface area contributed by atoms with Gasteiger partial charge in [0.1, 0.15) is 5.69 Å². The van der Waals surface area contributed by atoms with Gasteiger partial charge in [-0.05, 0) is 26.0 Å². The minimum absolute atomic E-state index is 0.0930. The van der Waals surface area contributed by atoms with E-state index in [4.69, 9.17) is 0 Å². The molecule has 2 N–H and O–H groups in total. The van der Waals surface area contributed by atoms with Gasteiger partial charge in [0.25, 0.3) is 5.91 Å². The van der Waals surface area contributed by atoms with E-state index in [1.54, 1.807) is 12.1 Å². The van der Waals surface area contributed by atoms with Gasteiger partial charge in [0.2, 0.25) is 0 Å². The van der Waals surface area contributed by atoms with Crippen LogP contribution in [0.4, 0.5) is 0 Å². The van der Waals surface area contributed by atoms with Crippen molar-refractivity contribution in [2.45, 2.75) is 19.9 Å². The fraction of sp³-hybridized carbons (Fsp3) is 0.333. The number of amides is 1. The highest BCUT2D eigenvalue weighted by Gasteiger charge is 2.08. The first kappa shape index (κ1) is 9.51. The third kappa shape index (κ3) is 2.43. The normalized spacial score (nSPS) is 10.1. The average molecular weight is 180 g/mol. The van der Waals surface area contributed by atoms with Crippen molar-refractivity contribution in [3.63, 3.8) is 0 Å². The first-order valence-electron chi connectivity index (χ1n) is 4.08. The molecule has 13 heavy (non-hydrogen) atoms. The molecule has 1 aromatic rings. The van der Waals surface area contributed by atoms with Gasteiger partial charge in [-0.2, -0.15) is 0 Å². The van der Waals surface area contributed by atoms with E-state index in [0.29, 0.717) is 17.7 Å². The summed E-state index contributed by atoms with van der Waals surface area (Å²) in [5.41, 5.74) is 0.824. The van der Waals surface area contributed by atoms with Crippen molar-refractivity contribution in [1.82, 2.24) is 10.3 Å². The average Bonchev–Trinajstić information content (AvgIpc) is 2.50. The molecule has 0 aliphatic carbocycles. The zero-order valence-corrected chi connectivity index (χ0v) is 7.63. The van der Waals surface area contributed by atoms with Crippen LogP contribution in [0, 0.1) is 0 Å². The first-order chi connectivity index (χ1) is 6.13. The summed E-state index contributed by atoms with van der Waals surface area (Å²) in [6, 6.07) is 3.25. The molecule has 1 aromatic heterocycles. The molecule has 0 aliphatic heterocycles. The molecule has 0 saturated heterocycles. The molecule has 0 radical (unpaired) electrons. The molecule has 0 fully saturated rings. The number of aromatic nitrogens is 1. The van der Waals surface area contributed by atoms with Crippen LogP contribution in [0.25, 0.3) is 0 Å². The van der Waals surface area contributed by atoms with Crippen molar-refractivity contribution in [3.05, 3.63) is 23.5 Å². The SMILES string of the molecule is CC(C)NC(=O)c1ccc(C=O)[nH]1. The Balaban J connectivity index is 2.71. The van der Waals surface area contributed by atoms with Crippen molar-refractivity contribution < 1.29 is 9.59 Å². The predicted molar refractivity (Wildman–Crippen MR) is 48.8 cm³/mol. The van der Waals surface area contributed by atoms with E-state index in [1.165, 1.54) is 0 Å². The minimum Gasteiger partial charge on any atom is -0.349 e. The first-order valence-corrected chi connectivity index (χ1v) is 4.08. The van der Waals surface area contributed by atoms with Crippen molar-refractivity contribution in [2.24, 2.45) is 0 Å². The van der Waals surface area contributed by atoms with Gasteiger partial charge in [-0.25, -0.2) is 0 Å². The Morgan fingerprint density at radius 3 is 2.69 bits per heavy atom. The lowest BCUT2D eigenvalue weighted by molar-refractivity contribution is 0.0938. The van der Waals surface area contributed by atoms with E-state index >= 15 is 0 Å². The Bertz CT molecular complexity index is 315. The van der Waals surface area contributed by atoms with Gasteiger partial charge in [0, 0.05) is 6.04 Å². The fourth-order valence-electron chi connectivity index (χ4n) is 0.953. The molecular weight excluding hydrogens is 168 g/mol. The molecule has 4 heteroatoms. The second-order valence-corrected chi connectivity index (χ2v) is 3.07. The van der Waals surface area contributed by atoms with Gasteiger partial charge in [-0.3, -0.25) is 9.59 Å². The smallest absolute Gasteiger partial charge is 0.267 e. The molecule has 4 nitrogen and oxygen atoms in total. The fourth-order valence-corrected chi connectivity index (χ4v) is 0.953. The molecule has 0 saturated carbocycles. The van der Waals surface area contributed by atoms with Gasteiger partial charge in [0.05, 0.1) is 5.69 Å². The molecule has 0 bridgehead atoms. The molecular formula is C9H12N2O2. The summed E-state index contributed by atoms with van der Waals surface area (Å²) in [6.45, 7) is 3.75. The van der Waals surface area contributed by atoms with E-state index < -0.39 is 0 Å². The maximum absolute atomic E-state index is 11.3. The van der Waals surface area contributed by atoms with Gasteiger partial charge >= 0.3 is 0 Å². The number of aromatic amines is 1. The second-order valence-electron chi connectivity index (χ2n) is 3.07. The van der Waals surface area contributed by atoms with Crippen LogP contribution < -0.4 is 5.32 Å².